The van der Waals surface area contributed by atoms with Crippen LogP contribution in [0.4, 0.5) is 21.4 Å². The van der Waals surface area contributed by atoms with Gasteiger partial charge in [-0.25, -0.2) is 9.59 Å². The highest BCUT2D eigenvalue weighted by Gasteiger charge is 2.53. The van der Waals surface area contributed by atoms with Gasteiger partial charge < -0.3 is 53.4 Å². The van der Waals surface area contributed by atoms with E-state index in [0.717, 1.165) is 16.4 Å². The first-order chi connectivity index (χ1) is 22.1. The second kappa shape index (κ2) is 13.8. The molecule has 2 aliphatic rings. The Bertz CT molecular complexity index is 1670. The number of rotatable bonds is 13. The Morgan fingerprint density at radius 3 is 2.53 bits per heavy atom. The predicted octanol–water partition coefficient (Wildman–Crippen LogP) is -4.58. The maximum Gasteiger partial charge on any atom is 0.350 e. The second-order valence-corrected chi connectivity index (χ2v) is 12.6. The Kier molecular flexibility index (Phi) is 10.2. The number of thioether (sulfide) groups is 1. The number of carboxylic acid groups (broad SMARTS) is 2. The van der Waals surface area contributed by atoms with Crippen molar-refractivity contribution in [3.8, 4) is 0 Å². The fraction of sp³-hybridized carbons (Fsp3) is 0.458. The van der Waals surface area contributed by atoms with Gasteiger partial charge in [-0.15, -0.1) is 21.1 Å². The van der Waals surface area contributed by atoms with Crippen molar-refractivity contribution in [2.45, 2.75) is 43.5 Å². The lowest BCUT2D eigenvalue weighted by atomic mass is 10.0. The lowest BCUT2D eigenvalue weighted by Crippen LogP contribution is -2.71. The first-order valence-corrected chi connectivity index (χ1v) is 15.5. The molecule has 1 fully saturated rings. The van der Waals surface area contributed by atoms with E-state index in [1.165, 1.54) is 41.2 Å². The molecule has 0 aromatic carbocycles. The summed E-state index contributed by atoms with van der Waals surface area (Å²) >= 11 is 1.92. The third kappa shape index (κ3) is 7.21. The average molecular weight is 696 g/mol. The molecule has 12 N–H and O–H groups in total. The number of oxime groups is 1. The number of amides is 4. The number of hydrogen-bond donors (Lipinski definition) is 8. The summed E-state index contributed by atoms with van der Waals surface area (Å²) < 4.78 is 6.92. The van der Waals surface area contributed by atoms with Crippen molar-refractivity contribution in [1.82, 2.24) is 29.6 Å². The van der Waals surface area contributed by atoms with Crippen molar-refractivity contribution in [1.29, 1.82) is 0 Å². The van der Waals surface area contributed by atoms with E-state index in [-0.39, 0.29) is 53.5 Å². The molecule has 47 heavy (non-hydrogen) atoms. The molecular weight excluding hydrogens is 662 g/mol. The summed E-state index contributed by atoms with van der Waals surface area (Å²) in [7, 11) is 1.59. The Labute approximate surface area is 274 Å². The van der Waals surface area contributed by atoms with Crippen molar-refractivity contribution in [2.75, 3.05) is 35.6 Å². The van der Waals surface area contributed by atoms with Gasteiger partial charge in [0.05, 0.1) is 24.8 Å². The summed E-state index contributed by atoms with van der Waals surface area (Å²) in [6.07, 6.45) is 1.49. The van der Waals surface area contributed by atoms with Gasteiger partial charge in [-0.3, -0.25) is 19.8 Å². The Morgan fingerprint density at radius 2 is 1.96 bits per heavy atom. The number of nitrogens with one attached hydrogen (secondary N) is 3. The van der Waals surface area contributed by atoms with Crippen LogP contribution in [0, 0.1) is 0 Å². The Hall–Kier alpha value is -5.00. The van der Waals surface area contributed by atoms with Crippen molar-refractivity contribution in [2.24, 2.45) is 23.7 Å². The molecule has 23 heteroatoms. The molecule has 2 aliphatic heterocycles. The van der Waals surface area contributed by atoms with Crippen LogP contribution in [0.15, 0.2) is 22.6 Å². The van der Waals surface area contributed by atoms with Crippen LogP contribution in [0.1, 0.15) is 19.7 Å². The SMILES string of the molecule is Cn1c(N)c(NC(=O)NC(CN)CN)c[n+]1CC1=C(C(=O)[O-])N2C(=O)[C@@H](NC(=O)/C(=N\OC(C)(C)C(=O)O)c3nsc(N)n3)[C@H]2SC1. The number of urea groups is 1. The van der Waals surface area contributed by atoms with Crippen molar-refractivity contribution in [3.05, 3.63) is 23.3 Å². The van der Waals surface area contributed by atoms with Crippen LogP contribution in [0.25, 0.3) is 0 Å². The van der Waals surface area contributed by atoms with Crippen LogP contribution in [0.2, 0.25) is 0 Å². The first kappa shape index (κ1) is 34.9. The predicted molar refractivity (Wildman–Crippen MR) is 165 cm³/mol. The van der Waals surface area contributed by atoms with Gasteiger partial charge in [-0.2, -0.15) is 9.36 Å². The molecule has 2 aromatic heterocycles. The highest BCUT2D eigenvalue weighted by Crippen LogP contribution is 2.40. The van der Waals surface area contributed by atoms with E-state index in [9.17, 15) is 34.2 Å². The monoisotopic (exact) mass is 695 g/mol. The summed E-state index contributed by atoms with van der Waals surface area (Å²) in [4.78, 5) is 72.6. The molecule has 21 nitrogen and oxygen atoms in total. The smallest absolute Gasteiger partial charge is 0.350 e. The number of carbonyl (C=O) groups is 5. The zero-order chi connectivity index (χ0) is 34.8. The molecule has 4 amide bonds. The van der Waals surface area contributed by atoms with Gasteiger partial charge in [0.1, 0.15) is 11.4 Å². The third-order valence-corrected chi connectivity index (χ3v) is 8.95. The number of carbonyl (C=O) groups excluding carboxylic acids is 4. The van der Waals surface area contributed by atoms with Gasteiger partial charge in [0.25, 0.3) is 11.8 Å². The summed E-state index contributed by atoms with van der Waals surface area (Å²) in [5.41, 5.74) is 20.7. The van der Waals surface area contributed by atoms with E-state index >= 15 is 0 Å². The maximum absolute atomic E-state index is 13.3. The summed E-state index contributed by atoms with van der Waals surface area (Å²) in [5.74, 6) is -4.74. The highest BCUT2D eigenvalue weighted by molar-refractivity contribution is 8.00. The lowest BCUT2D eigenvalue weighted by Gasteiger charge is -2.50. The van der Waals surface area contributed by atoms with Crippen molar-refractivity contribution < 1.29 is 43.7 Å². The molecule has 0 aliphatic carbocycles. The van der Waals surface area contributed by atoms with Crippen LogP contribution in [-0.2, 0) is 37.6 Å². The normalized spacial score (nSPS) is 18.0. The number of aromatic nitrogens is 4. The number of nitrogens with two attached hydrogens (primary N) is 4. The van der Waals surface area contributed by atoms with Crippen molar-refractivity contribution >= 4 is 75.4 Å². The van der Waals surface area contributed by atoms with Crippen LogP contribution >= 0.6 is 23.3 Å². The standard InChI is InChI=1S/C24H33N13O8S2/c1-24(2,21(42)43)45-33-12(16-32-22(28)47-34-16)17(38)31-13-18(39)37-14(20(40)41)9(8-46-19(13)37)6-36-7-11(15(27)35(36)3)30-23(44)29-10(4-25)5-26/h7,10,13,19,27H,4-6,8,25-26H2,1-3H3,(H7,28,29,30,31,32,34,38,40,41,42,43,44)/b33-12-/t13-,19-/m1/s1. The number of nitrogens with zero attached hydrogens (tertiary/aromatic N) is 6. The number of carboxylic acids is 2. The number of nitrogen functional groups attached to an aromatic ring is 2. The molecule has 0 saturated carbocycles. The third-order valence-electron chi connectivity index (χ3n) is 7.07. The number of fused-ring (bicyclic) bond motifs is 1. The molecular formula is C24H33N13O8S2. The molecule has 254 valence electrons. The zero-order valence-corrected chi connectivity index (χ0v) is 26.9. The van der Waals surface area contributed by atoms with Gasteiger partial charge in [-0.05, 0) is 13.8 Å². The Morgan fingerprint density at radius 1 is 1.28 bits per heavy atom. The van der Waals surface area contributed by atoms with E-state index in [0.29, 0.717) is 5.57 Å². The number of β-lactam (4-membered cyclic amide) rings is 1. The summed E-state index contributed by atoms with van der Waals surface area (Å²) in [6.45, 7) is 2.60. The largest absolute Gasteiger partial charge is 0.543 e. The molecule has 1 saturated heterocycles. The number of anilines is 3. The molecule has 0 unspecified atom stereocenters. The van der Waals surface area contributed by atoms with E-state index in [2.05, 4.69) is 30.5 Å². The fourth-order valence-corrected chi connectivity index (χ4v) is 6.10. The van der Waals surface area contributed by atoms with Gasteiger partial charge in [-0.1, -0.05) is 5.16 Å². The molecule has 0 bridgehead atoms. The quantitative estimate of drug-likeness (QED) is 0.0423. The molecule has 4 heterocycles. The highest BCUT2D eigenvalue weighted by atomic mass is 32.2. The van der Waals surface area contributed by atoms with Crippen LogP contribution < -0.4 is 48.7 Å². The van der Waals surface area contributed by atoms with Gasteiger partial charge in [0.15, 0.2) is 23.2 Å². The van der Waals surface area contributed by atoms with Crippen molar-refractivity contribution in [3.63, 3.8) is 0 Å². The number of hydrogen-bond acceptors (Lipinski definition) is 16. The second-order valence-electron chi connectivity index (χ2n) is 10.7. The summed E-state index contributed by atoms with van der Waals surface area (Å²) in [6, 6.07) is -2.26. The van der Waals surface area contributed by atoms with Crippen LogP contribution in [0.5, 0.6) is 0 Å². The average Bonchev–Trinajstić information content (AvgIpc) is 3.56. The minimum atomic E-state index is -1.83. The van der Waals surface area contributed by atoms with Crippen LogP contribution in [-0.4, -0.2) is 101 Å². The lowest BCUT2D eigenvalue weighted by molar-refractivity contribution is -0.765. The van der Waals surface area contributed by atoms with E-state index < -0.39 is 58.6 Å². The van der Waals surface area contributed by atoms with Gasteiger partial charge >= 0.3 is 12.0 Å². The molecule has 4 rings (SSSR count). The molecule has 2 aromatic rings. The molecule has 2 atom stereocenters. The Balaban J connectivity index is 1.53. The van der Waals surface area contributed by atoms with E-state index in [1.54, 1.807) is 7.05 Å². The topological polar surface area (TPSA) is 328 Å². The minimum Gasteiger partial charge on any atom is -0.543 e. The zero-order valence-electron chi connectivity index (χ0n) is 25.3. The molecule has 0 spiro atoms. The van der Waals surface area contributed by atoms with Gasteiger partial charge in [0.2, 0.25) is 23.3 Å². The summed E-state index contributed by atoms with van der Waals surface area (Å²) in [5, 5.41) is 32.1. The maximum atomic E-state index is 13.3. The minimum absolute atomic E-state index is 0.0150. The fourth-order valence-electron chi connectivity index (χ4n) is 4.33. The van der Waals surface area contributed by atoms with Crippen LogP contribution in [0.3, 0.4) is 0 Å². The first-order valence-electron chi connectivity index (χ1n) is 13.7. The van der Waals surface area contributed by atoms with E-state index in [4.69, 9.17) is 27.8 Å². The van der Waals surface area contributed by atoms with Gasteiger partial charge in [0, 0.05) is 35.9 Å². The number of aliphatic carboxylic acids is 2. The molecule has 0 radical (unpaired) electrons. The van der Waals surface area contributed by atoms with E-state index in [1.807, 2.05) is 0 Å².